The zero-order valence-corrected chi connectivity index (χ0v) is 18.6. The van der Waals surface area contributed by atoms with Crippen molar-refractivity contribution in [2.24, 2.45) is 13.0 Å². The molecule has 0 amide bonds. The molecule has 0 saturated carbocycles. The van der Waals surface area contributed by atoms with E-state index in [2.05, 4.69) is 4.98 Å². The second-order valence-corrected chi connectivity index (χ2v) is 8.55. The van der Waals surface area contributed by atoms with Crippen molar-refractivity contribution >= 4 is 10.9 Å². The lowest BCUT2D eigenvalue weighted by Gasteiger charge is -2.32. The highest BCUT2D eigenvalue weighted by Crippen LogP contribution is 2.59. The quantitative estimate of drug-likeness (QED) is 0.562. The van der Waals surface area contributed by atoms with Crippen molar-refractivity contribution in [3.05, 3.63) is 73.9 Å². The molecule has 0 aliphatic carbocycles. The van der Waals surface area contributed by atoms with Crippen molar-refractivity contribution in [2.75, 3.05) is 7.11 Å². The largest absolute Gasteiger partial charge is 0.493 e. The van der Waals surface area contributed by atoms with Gasteiger partial charge in [-0.15, -0.1) is 0 Å². The van der Waals surface area contributed by atoms with E-state index in [4.69, 9.17) is 9.47 Å². The van der Waals surface area contributed by atoms with Crippen LogP contribution in [0.1, 0.15) is 37.1 Å². The molecule has 0 radical (unpaired) electrons. The van der Waals surface area contributed by atoms with Crippen molar-refractivity contribution in [3.63, 3.8) is 0 Å². The Hall–Kier alpha value is -3.21. The molecule has 1 aliphatic rings. The zero-order chi connectivity index (χ0) is 25.2. The van der Waals surface area contributed by atoms with Crippen LogP contribution in [0, 0.1) is 17.6 Å². The second kappa shape index (κ2) is 7.93. The minimum Gasteiger partial charge on any atom is -0.493 e. The van der Waals surface area contributed by atoms with Crippen LogP contribution in [-0.2, 0) is 11.8 Å². The lowest BCUT2D eigenvalue weighted by atomic mass is 9.76. The normalized spacial score (nSPS) is 25.1. The fraction of sp³-hybridized carbons (Fsp3) is 0.391. The van der Waals surface area contributed by atoms with Crippen LogP contribution in [0.25, 0.3) is 10.9 Å². The summed E-state index contributed by atoms with van der Waals surface area (Å²) < 4.78 is 82.5. The van der Waals surface area contributed by atoms with Gasteiger partial charge in [-0.25, -0.2) is 4.39 Å². The maximum Gasteiger partial charge on any atom is 0.417 e. The van der Waals surface area contributed by atoms with E-state index in [-0.39, 0.29) is 22.2 Å². The number of aryl methyl sites for hydroxylation is 1. The topological polar surface area (TPSA) is 73.3 Å². The van der Waals surface area contributed by atoms with Gasteiger partial charge in [-0.05, 0) is 19.1 Å². The monoisotopic (exact) mass is 484 g/mol. The lowest BCUT2D eigenvalue weighted by molar-refractivity contribution is -0.275. The summed E-state index contributed by atoms with van der Waals surface area (Å²) in [6, 6.07) is 4.39. The van der Waals surface area contributed by atoms with Crippen molar-refractivity contribution in [1.29, 1.82) is 0 Å². The number of H-pyrrole nitrogens is 1. The van der Waals surface area contributed by atoms with Crippen LogP contribution in [0.3, 0.4) is 0 Å². The number of fused-ring (bicyclic) bond motifs is 1. The SMILES string of the molecule is COc1c([C@H]2[C@H](c3cc(=O)c4c(=O)n(C)ccc4[nH]3)O[C@@](C)(C(F)(F)F)[C@H]2C)ccc(F)c1F. The van der Waals surface area contributed by atoms with E-state index in [0.29, 0.717) is 0 Å². The number of halogens is 5. The molecule has 1 aliphatic heterocycles. The highest BCUT2D eigenvalue weighted by Gasteiger charge is 2.65. The van der Waals surface area contributed by atoms with Gasteiger partial charge < -0.3 is 19.0 Å². The third kappa shape index (κ3) is 3.41. The molecular formula is C23H21F5N2O4. The molecule has 2 aromatic heterocycles. The smallest absolute Gasteiger partial charge is 0.417 e. The molecule has 1 fully saturated rings. The summed E-state index contributed by atoms with van der Waals surface area (Å²) in [7, 11) is 2.53. The van der Waals surface area contributed by atoms with E-state index in [9.17, 15) is 31.5 Å². The highest BCUT2D eigenvalue weighted by molar-refractivity contribution is 5.77. The molecular weight excluding hydrogens is 463 g/mol. The number of methoxy groups -OCH3 is 1. The number of benzene rings is 1. The number of ether oxygens (including phenoxy) is 2. The summed E-state index contributed by atoms with van der Waals surface area (Å²) in [5.41, 5.74) is -3.95. The van der Waals surface area contributed by atoms with E-state index >= 15 is 0 Å². The van der Waals surface area contributed by atoms with Gasteiger partial charge in [0.1, 0.15) is 11.5 Å². The first kappa shape index (κ1) is 23.9. The third-order valence-corrected chi connectivity index (χ3v) is 6.70. The van der Waals surface area contributed by atoms with Crippen LogP contribution in [0.15, 0.2) is 40.1 Å². The molecule has 0 spiro atoms. The van der Waals surface area contributed by atoms with Crippen molar-refractivity contribution in [1.82, 2.24) is 9.55 Å². The van der Waals surface area contributed by atoms with E-state index < -0.39 is 58.1 Å². The van der Waals surface area contributed by atoms with Gasteiger partial charge in [0.2, 0.25) is 5.82 Å². The maximum atomic E-state index is 14.5. The van der Waals surface area contributed by atoms with Gasteiger partial charge in [0.25, 0.3) is 5.56 Å². The first-order valence-electron chi connectivity index (χ1n) is 10.3. The standard InChI is InChI=1S/C23H21F5N2O4/c1-10-16(11-5-6-12(24)18(25)19(11)33-4)20(34-22(10,2)23(26,27)28)14-9-15(31)17-13(29-14)7-8-30(3)21(17)32/h5-10,16,20H,1-4H3,(H,29,31)/t10-,16-,20-,22+/m0/s1. The van der Waals surface area contributed by atoms with E-state index in [1.165, 1.54) is 30.8 Å². The fourth-order valence-corrected chi connectivity index (χ4v) is 4.61. The van der Waals surface area contributed by atoms with Gasteiger partial charge in [-0.2, -0.15) is 17.6 Å². The first-order valence-corrected chi connectivity index (χ1v) is 10.3. The molecule has 34 heavy (non-hydrogen) atoms. The van der Waals surface area contributed by atoms with Gasteiger partial charge in [0.05, 0.1) is 12.6 Å². The van der Waals surface area contributed by atoms with Gasteiger partial charge in [0, 0.05) is 42.4 Å². The Balaban J connectivity index is 1.98. The Morgan fingerprint density at radius 3 is 2.47 bits per heavy atom. The highest BCUT2D eigenvalue weighted by atomic mass is 19.4. The molecule has 1 aromatic carbocycles. The minimum atomic E-state index is -4.82. The number of pyridine rings is 2. The number of rotatable bonds is 3. The number of nitrogens with one attached hydrogen (secondary N) is 1. The van der Waals surface area contributed by atoms with Crippen LogP contribution < -0.4 is 15.7 Å². The summed E-state index contributed by atoms with van der Waals surface area (Å²) in [5, 5.41) is -0.166. The van der Waals surface area contributed by atoms with Crippen LogP contribution in [0.2, 0.25) is 0 Å². The Labute approximate surface area is 189 Å². The summed E-state index contributed by atoms with van der Waals surface area (Å²) in [6.45, 7) is 2.15. The first-order chi connectivity index (χ1) is 15.8. The molecule has 182 valence electrons. The molecule has 3 aromatic rings. The maximum absolute atomic E-state index is 14.5. The number of aromatic amines is 1. The third-order valence-electron chi connectivity index (χ3n) is 6.70. The Bertz CT molecular complexity index is 1400. The average molecular weight is 484 g/mol. The van der Waals surface area contributed by atoms with Crippen LogP contribution >= 0.6 is 0 Å². The van der Waals surface area contributed by atoms with Crippen LogP contribution in [-0.4, -0.2) is 28.4 Å². The molecule has 0 bridgehead atoms. The molecule has 1 saturated heterocycles. The summed E-state index contributed by atoms with van der Waals surface area (Å²) in [5.74, 6) is -5.59. The molecule has 3 heterocycles. The lowest BCUT2D eigenvalue weighted by Crippen LogP contribution is -2.46. The van der Waals surface area contributed by atoms with Crippen molar-refractivity contribution in [3.8, 4) is 5.75 Å². The Morgan fingerprint density at radius 2 is 1.85 bits per heavy atom. The van der Waals surface area contributed by atoms with Gasteiger partial charge in [-0.1, -0.05) is 13.0 Å². The number of alkyl halides is 3. The van der Waals surface area contributed by atoms with Gasteiger partial charge >= 0.3 is 6.18 Å². The number of nitrogens with zero attached hydrogens (tertiary/aromatic N) is 1. The van der Waals surface area contributed by atoms with Crippen molar-refractivity contribution < 1.29 is 31.4 Å². The molecule has 0 unspecified atom stereocenters. The molecule has 6 nitrogen and oxygen atoms in total. The second-order valence-electron chi connectivity index (χ2n) is 8.55. The summed E-state index contributed by atoms with van der Waals surface area (Å²) in [6.07, 6.45) is -4.84. The number of hydrogen-bond acceptors (Lipinski definition) is 4. The summed E-state index contributed by atoms with van der Waals surface area (Å²) >= 11 is 0. The van der Waals surface area contributed by atoms with Crippen LogP contribution in [0.5, 0.6) is 5.75 Å². The van der Waals surface area contributed by atoms with E-state index in [1.807, 2.05) is 0 Å². The van der Waals surface area contributed by atoms with Gasteiger partial charge in [0.15, 0.2) is 22.6 Å². The molecule has 1 N–H and O–H groups in total. The summed E-state index contributed by atoms with van der Waals surface area (Å²) in [4.78, 5) is 28.0. The molecule has 4 atom stereocenters. The fourth-order valence-electron chi connectivity index (χ4n) is 4.61. The predicted octanol–water partition coefficient (Wildman–Crippen LogP) is 4.33. The zero-order valence-electron chi connectivity index (χ0n) is 18.6. The average Bonchev–Trinajstić information content (AvgIpc) is 3.04. The Kier molecular flexibility index (Phi) is 5.58. The number of aromatic nitrogens is 2. The van der Waals surface area contributed by atoms with Crippen molar-refractivity contribution in [2.45, 2.75) is 37.6 Å². The van der Waals surface area contributed by atoms with Gasteiger partial charge in [-0.3, -0.25) is 9.59 Å². The Morgan fingerprint density at radius 1 is 1.18 bits per heavy atom. The predicted molar refractivity (Wildman–Crippen MR) is 113 cm³/mol. The minimum absolute atomic E-state index is 0.0395. The number of hydrogen-bond donors (Lipinski definition) is 1. The van der Waals surface area contributed by atoms with E-state index in [1.54, 1.807) is 0 Å². The van der Waals surface area contributed by atoms with E-state index in [0.717, 1.165) is 32.2 Å². The molecule has 11 heteroatoms. The van der Waals surface area contributed by atoms with Crippen LogP contribution in [0.4, 0.5) is 22.0 Å². The molecule has 4 rings (SSSR count).